The number of hydrazone groups is 1. The molecule has 11 heteroatoms. The molecule has 2 aromatic carbocycles. The summed E-state index contributed by atoms with van der Waals surface area (Å²) >= 11 is 0. The Morgan fingerprint density at radius 2 is 2.04 bits per heavy atom. The van der Waals surface area contributed by atoms with Gasteiger partial charge in [-0.15, -0.1) is 10.2 Å². The van der Waals surface area contributed by atoms with E-state index in [1.54, 1.807) is 24.3 Å². The van der Waals surface area contributed by atoms with Crippen LogP contribution in [0.1, 0.15) is 11.1 Å². The van der Waals surface area contributed by atoms with E-state index < -0.39 is 10.8 Å². The molecule has 0 fully saturated rings. The number of amides is 1. The van der Waals surface area contributed by atoms with Crippen molar-refractivity contribution in [2.24, 2.45) is 5.10 Å². The SMILES string of the molecule is N#Cc1ccccc1-c1nnn(CC(=O)N/N=C\c2ccc([N+](=O)[O-])cc2)n1. The molecule has 1 amide bonds. The summed E-state index contributed by atoms with van der Waals surface area (Å²) in [5.41, 5.74) is 3.78. The largest absolute Gasteiger partial charge is 0.271 e. The average molecular weight is 376 g/mol. The van der Waals surface area contributed by atoms with Crippen molar-refractivity contribution >= 4 is 17.8 Å². The number of rotatable bonds is 6. The van der Waals surface area contributed by atoms with Gasteiger partial charge in [-0.1, -0.05) is 12.1 Å². The zero-order chi connectivity index (χ0) is 19.9. The van der Waals surface area contributed by atoms with Crippen LogP contribution in [0, 0.1) is 21.4 Å². The maximum absolute atomic E-state index is 11.9. The van der Waals surface area contributed by atoms with E-state index in [9.17, 15) is 14.9 Å². The van der Waals surface area contributed by atoms with Gasteiger partial charge in [-0.3, -0.25) is 14.9 Å². The third-order valence-electron chi connectivity index (χ3n) is 3.53. The van der Waals surface area contributed by atoms with Gasteiger partial charge >= 0.3 is 0 Å². The summed E-state index contributed by atoms with van der Waals surface area (Å²) in [6, 6.07) is 14.5. The van der Waals surface area contributed by atoms with E-state index in [1.165, 1.54) is 30.5 Å². The van der Waals surface area contributed by atoms with E-state index in [4.69, 9.17) is 5.26 Å². The van der Waals surface area contributed by atoms with Gasteiger partial charge in [0.1, 0.15) is 6.54 Å². The summed E-state index contributed by atoms with van der Waals surface area (Å²) < 4.78 is 0. The van der Waals surface area contributed by atoms with Crippen LogP contribution in [0.25, 0.3) is 11.4 Å². The number of nitro groups is 1. The van der Waals surface area contributed by atoms with Gasteiger partial charge in [0.05, 0.1) is 22.8 Å². The first-order valence-electron chi connectivity index (χ1n) is 7.90. The molecule has 0 saturated heterocycles. The molecule has 28 heavy (non-hydrogen) atoms. The van der Waals surface area contributed by atoms with Crippen molar-refractivity contribution < 1.29 is 9.72 Å². The van der Waals surface area contributed by atoms with Gasteiger partial charge in [0.25, 0.3) is 11.6 Å². The number of benzene rings is 2. The lowest BCUT2D eigenvalue weighted by Gasteiger charge is -1.99. The van der Waals surface area contributed by atoms with Gasteiger partial charge in [0, 0.05) is 17.7 Å². The molecule has 0 unspecified atom stereocenters. The molecule has 3 rings (SSSR count). The summed E-state index contributed by atoms with van der Waals surface area (Å²) in [5, 5.41) is 35.2. The first-order valence-corrected chi connectivity index (χ1v) is 7.90. The van der Waals surface area contributed by atoms with Gasteiger partial charge in [0.15, 0.2) is 0 Å². The predicted molar refractivity (Wildman–Crippen MR) is 96.8 cm³/mol. The lowest BCUT2D eigenvalue weighted by molar-refractivity contribution is -0.384. The first-order chi connectivity index (χ1) is 13.6. The molecule has 0 atom stereocenters. The summed E-state index contributed by atoms with van der Waals surface area (Å²) in [7, 11) is 0. The summed E-state index contributed by atoms with van der Waals surface area (Å²) in [6.07, 6.45) is 1.35. The highest BCUT2D eigenvalue weighted by molar-refractivity contribution is 5.82. The van der Waals surface area contributed by atoms with Crippen molar-refractivity contribution in [2.45, 2.75) is 6.54 Å². The van der Waals surface area contributed by atoms with Crippen LogP contribution in [0.5, 0.6) is 0 Å². The maximum atomic E-state index is 11.9. The van der Waals surface area contributed by atoms with Crippen LogP contribution in [-0.4, -0.2) is 37.3 Å². The van der Waals surface area contributed by atoms with E-state index in [-0.39, 0.29) is 18.1 Å². The minimum Gasteiger partial charge on any atom is -0.271 e. The molecular weight excluding hydrogens is 364 g/mol. The first kappa shape index (κ1) is 18.3. The Balaban J connectivity index is 1.59. The Morgan fingerprint density at radius 1 is 1.29 bits per heavy atom. The molecule has 0 aliphatic heterocycles. The number of hydrogen-bond acceptors (Lipinski definition) is 8. The van der Waals surface area contributed by atoms with E-state index >= 15 is 0 Å². The van der Waals surface area contributed by atoms with Crippen molar-refractivity contribution in [1.29, 1.82) is 5.26 Å². The molecule has 138 valence electrons. The van der Waals surface area contributed by atoms with E-state index in [0.29, 0.717) is 16.7 Å². The fraction of sp³-hybridized carbons (Fsp3) is 0.0588. The molecule has 11 nitrogen and oxygen atoms in total. The smallest absolute Gasteiger partial charge is 0.269 e. The molecule has 0 aliphatic carbocycles. The Bertz CT molecular complexity index is 1080. The van der Waals surface area contributed by atoms with Gasteiger partial charge < -0.3 is 0 Å². The molecule has 0 bridgehead atoms. The van der Waals surface area contributed by atoms with E-state index in [2.05, 4.69) is 25.9 Å². The average Bonchev–Trinajstić information content (AvgIpc) is 3.16. The number of nitro benzene ring substituents is 1. The fourth-order valence-electron chi connectivity index (χ4n) is 2.22. The van der Waals surface area contributed by atoms with Gasteiger partial charge in [-0.25, -0.2) is 5.43 Å². The monoisotopic (exact) mass is 376 g/mol. The van der Waals surface area contributed by atoms with Crippen molar-refractivity contribution in [2.75, 3.05) is 0 Å². The van der Waals surface area contributed by atoms with Crippen molar-refractivity contribution in [3.05, 3.63) is 69.8 Å². The zero-order valence-electron chi connectivity index (χ0n) is 14.3. The third-order valence-corrected chi connectivity index (χ3v) is 3.53. The van der Waals surface area contributed by atoms with Crippen LogP contribution in [0.2, 0.25) is 0 Å². The van der Waals surface area contributed by atoms with Crippen LogP contribution < -0.4 is 5.43 Å². The second-order valence-corrected chi connectivity index (χ2v) is 5.44. The summed E-state index contributed by atoms with van der Waals surface area (Å²) in [5.74, 6) is -0.255. The highest BCUT2D eigenvalue weighted by atomic mass is 16.6. The molecule has 3 aromatic rings. The van der Waals surface area contributed by atoms with Crippen LogP contribution in [-0.2, 0) is 11.3 Å². The third kappa shape index (κ3) is 4.38. The standard InChI is InChI=1S/C17H12N8O3/c18-9-13-3-1-2-4-15(13)17-21-23-24(22-17)11-16(26)20-19-10-12-5-7-14(8-6-12)25(27)28/h1-8,10H,11H2,(H,20,26)/b19-10-. The highest BCUT2D eigenvalue weighted by Gasteiger charge is 2.12. The Morgan fingerprint density at radius 3 is 2.75 bits per heavy atom. The number of aromatic nitrogens is 4. The lowest BCUT2D eigenvalue weighted by Crippen LogP contribution is -2.24. The highest BCUT2D eigenvalue weighted by Crippen LogP contribution is 2.18. The van der Waals surface area contributed by atoms with Crippen LogP contribution in [0.4, 0.5) is 5.69 Å². The quantitative estimate of drug-likeness (QED) is 0.386. The van der Waals surface area contributed by atoms with Crippen molar-refractivity contribution in [3.63, 3.8) is 0 Å². The lowest BCUT2D eigenvalue weighted by atomic mass is 10.1. The zero-order valence-corrected chi connectivity index (χ0v) is 14.3. The topological polar surface area (TPSA) is 152 Å². The van der Waals surface area contributed by atoms with Crippen LogP contribution in [0.3, 0.4) is 0 Å². The fourth-order valence-corrected chi connectivity index (χ4v) is 2.22. The Labute approximate surface area is 158 Å². The molecule has 1 N–H and O–H groups in total. The number of nitrogens with zero attached hydrogens (tertiary/aromatic N) is 7. The van der Waals surface area contributed by atoms with Crippen molar-refractivity contribution in [1.82, 2.24) is 25.6 Å². The number of hydrogen-bond donors (Lipinski definition) is 1. The van der Waals surface area contributed by atoms with E-state index in [0.717, 1.165) is 4.80 Å². The van der Waals surface area contributed by atoms with E-state index in [1.807, 2.05) is 6.07 Å². The molecule has 0 saturated carbocycles. The summed E-state index contributed by atoms with van der Waals surface area (Å²) in [4.78, 5) is 23.1. The molecular formula is C17H12N8O3. The minimum atomic E-state index is -0.503. The normalized spacial score (nSPS) is 10.5. The Kier molecular flexibility index (Phi) is 5.42. The second-order valence-electron chi connectivity index (χ2n) is 5.44. The molecule has 1 heterocycles. The van der Waals surface area contributed by atoms with Gasteiger partial charge in [-0.2, -0.15) is 15.2 Å². The van der Waals surface area contributed by atoms with Crippen molar-refractivity contribution in [3.8, 4) is 17.5 Å². The number of carbonyl (C=O) groups excluding carboxylic acids is 1. The molecule has 0 aliphatic rings. The number of tetrazole rings is 1. The predicted octanol–water partition coefficient (Wildman–Crippen LogP) is 1.27. The maximum Gasteiger partial charge on any atom is 0.269 e. The number of nitrogens with one attached hydrogen (secondary N) is 1. The van der Waals surface area contributed by atoms with Crippen LogP contribution >= 0.6 is 0 Å². The second kappa shape index (κ2) is 8.28. The molecule has 0 radical (unpaired) electrons. The van der Waals surface area contributed by atoms with Gasteiger partial charge in [-0.05, 0) is 35.0 Å². The van der Waals surface area contributed by atoms with Crippen LogP contribution in [0.15, 0.2) is 53.6 Å². The van der Waals surface area contributed by atoms with Gasteiger partial charge in [0.2, 0.25) is 5.82 Å². The summed E-state index contributed by atoms with van der Waals surface area (Å²) in [6.45, 7) is -0.223. The number of non-ortho nitro benzene ring substituents is 1. The Hall–Kier alpha value is -4.46. The number of nitriles is 1. The molecule has 0 spiro atoms. The minimum absolute atomic E-state index is 0.0350. The number of carbonyl (C=O) groups is 1. The molecule has 1 aromatic heterocycles.